The average Bonchev–Trinajstić information content (AvgIpc) is 2.80. The van der Waals surface area contributed by atoms with E-state index in [2.05, 4.69) is 4.72 Å². The van der Waals surface area contributed by atoms with Crippen molar-refractivity contribution in [3.05, 3.63) is 41.4 Å². The number of sulfonamides is 1. The topological polar surface area (TPSA) is 73.9 Å². The minimum atomic E-state index is -3.78. The maximum Gasteiger partial charge on any atom is 0.261 e. The summed E-state index contributed by atoms with van der Waals surface area (Å²) in [6.45, 7) is 1.03. The van der Waals surface area contributed by atoms with Crippen molar-refractivity contribution in [2.24, 2.45) is 0 Å². The van der Waals surface area contributed by atoms with Gasteiger partial charge in [0.1, 0.15) is 5.75 Å². The molecular formula is C16H16ClNO5S. The Labute approximate surface area is 145 Å². The van der Waals surface area contributed by atoms with E-state index in [-0.39, 0.29) is 15.6 Å². The molecule has 0 unspecified atom stereocenters. The molecule has 0 aromatic heterocycles. The Bertz CT molecular complexity index is 836. The predicted molar refractivity (Wildman–Crippen MR) is 90.9 cm³/mol. The van der Waals surface area contributed by atoms with Gasteiger partial charge in [-0.1, -0.05) is 11.6 Å². The first kappa shape index (κ1) is 16.7. The molecule has 0 saturated carbocycles. The second kappa shape index (κ2) is 6.78. The van der Waals surface area contributed by atoms with E-state index >= 15 is 0 Å². The van der Waals surface area contributed by atoms with Gasteiger partial charge in [-0.25, -0.2) is 8.42 Å². The van der Waals surface area contributed by atoms with Crippen LogP contribution in [0.2, 0.25) is 5.02 Å². The summed E-state index contributed by atoms with van der Waals surface area (Å²) < 4.78 is 43.6. The fourth-order valence-electron chi connectivity index (χ4n) is 2.22. The molecule has 24 heavy (non-hydrogen) atoms. The SMILES string of the molecule is COc1ccc(S(=O)(=O)Nc2cc3c(cc2Cl)OCCCO3)cc1. The van der Waals surface area contributed by atoms with E-state index < -0.39 is 10.0 Å². The van der Waals surface area contributed by atoms with Gasteiger partial charge in [-0.05, 0) is 24.3 Å². The van der Waals surface area contributed by atoms with Crippen LogP contribution < -0.4 is 18.9 Å². The van der Waals surface area contributed by atoms with Crippen LogP contribution in [0.3, 0.4) is 0 Å². The maximum absolute atomic E-state index is 12.5. The van der Waals surface area contributed by atoms with Gasteiger partial charge in [0.05, 0.1) is 35.9 Å². The second-order valence-corrected chi connectivity index (χ2v) is 7.20. The van der Waals surface area contributed by atoms with Crippen molar-refractivity contribution >= 4 is 27.3 Å². The summed E-state index contributed by atoms with van der Waals surface area (Å²) in [5.41, 5.74) is 0.233. The lowest BCUT2D eigenvalue weighted by Gasteiger charge is -2.13. The van der Waals surface area contributed by atoms with Crippen LogP contribution in [-0.4, -0.2) is 28.7 Å². The first-order valence-corrected chi connectivity index (χ1v) is 9.12. The van der Waals surface area contributed by atoms with Crippen molar-refractivity contribution in [3.8, 4) is 17.2 Å². The van der Waals surface area contributed by atoms with E-state index in [0.717, 1.165) is 6.42 Å². The smallest absolute Gasteiger partial charge is 0.261 e. The van der Waals surface area contributed by atoms with Crippen molar-refractivity contribution in [3.63, 3.8) is 0 Å². The summed E-state index contributed by atoms with van der Waals surface area (Å²) in [7, 11) is -2.27. The molecule has 1 aliphatic heterocycles. The Morgan fingerprint density at radius 1 is 1.08 bits per heavy atom. The van der Waals surface area contributed by atoms with E-state index in [1.165, 1.54) is 25.3 Å². The minimum absolute atomic E-state index is 0.103. The normalized spacial score (nSPS) is 13.9. The maximum atomic E-state index is 12.5. The van der Waals surface area contributed by atoms with Crippen LogP contribution in [0.5, 0.6) is 17.2 Å². The number of methoxy groups -OCH3 is 1. The lowest BCUT2D eigenvalue weighted by Crippen LogP contribution is -2.13. The molecule has 8 heteroatoms. The van der Waals surface area contributed by atoms with E-state index in [0.29, 0.717) is 30.5 Å². The second-order valence-electron chi connectivity index (χ2n) is 5.11. The first-order valence-electron chi connectivity index (χ1n) is 7.25. The number of fused-ring (bicyclic) bond motifs is 1. The van der Waals surface area contributed by atoms with E-state index in [4.69, 9.17) is 25.8 Å². The van der Waals surface area contributed by atoms with Gasteiger partial charge < -0.3 is 14.2 Å². The van der Waals surface area contributed by atoms with Crippen LogP contribution >= 0.6 is 11.6 Å². The number of rotatable bonds is 4. The number of ether oxygens (including phenoxy) is 3. The van der Waals surface area contributed by atoms with Gasteiger partial charge in [0.15, 0.2) is 11.5 Å². The highest BCUT2D eigenvalue weighted by Crippen LogP contribution is 2.38. The zero-order chi connectivity index (χ0) is 17.2. The van der Waals surface area contributed by atoms with Crippen LogP contribution in [0.25, 0.3) is 0 Å². The molecule has 6 nitrogen and oxygen atoms in total. The lowest BCUT2D eigenvalue weighted by molar-refractivity contribution is 0.297. The largest absolute Gasteiger partial charge is 0.497 e. The molecule has 0 aliphatic carbocycles. The van der Waals surface area contributed by atoms with Crippen molar-refractivity contribution in [1.82, 2.24) is 0 Å². The Hall–Kier alpha value is -2.12. The molecule has 0 amide bonds. The molecule has 128 valence electrons. The van der Waals surface area contributed by atoms with E-state index in [1.807, 2.05) is 0 Å². The standard InChI is InChI=1S/C16H16ClNO5S/c1-21-11-3-5-12(6-4-11)24(19,20)18-14-10-16-15(9-13(14)17)22-7-2-8-23-16/h3-6,9-10,18H,2,7-8H2,1H3. The molecule has 0 saturated heterocycles. The Kier molecular flexibility index (Phi) is 4.73. The summed E-state index contributed by atoms with van der Waals surface area (Å²) in [6.07, 6.45) is 0.749. The summed E-state index contributed by atoms with van der Waals surface area (Å²) in [5, 5.41) is 0.233. The fraction of sp³-hybridized carbons (Fsp3) is 0.250. The molecule has 0 radical (unpaired) electrons. The Morgan fingerprint density at radius 2 is 1.71 bits per heavy atom. The van der Waals surface area contributed by atoms with Crippen LogP contribution in [-0.2, 0) is 10.0 Å². The number of hydrogen-bond acceptors (Lipinski definition) is 5. The predicted octanol–water partition coefficient (Wildman–Crippen LogP) is 3.31. The molecule has 2 aromatic carbocycles. The molecule has 2 aromatic rings. The number of anilines is 1. The highest BCUT2D eigenvalue weighted by atomic mass is 35.5. The monoisotopic (exact) mass is 369 g/mol. The third kappa shape index (κ3) is 3.52. The Morgan fingerprint density at radius 3 is 2.33 bits per heavy atom. The van der Waals surface area contributed by atoms with Gasteiger partial charge in [-0.15, -0.1) is 0 Å². The third-order valence-corrected chi connectivity index (χ3v) is 5.15. The molecule has 0 fully saturated rings. The summed E-state index contributed by atoms with van der Waals surface area (Å²) in [6, 6.07) is 9.14. The van der Waals surface area contributed by atoms with Crippen molar-refractivity contribution in [2.75, 3.05) is 25.0 Å². The van der Waals surface area contributed by atoms with Crippen LogP contribution in [0.1, 0.15) is 6.42 Å². The zero-order valence-electron chi connectivity index (χ0n) is 12.9. The van der Waals surface area contributed by atoms with Gasteiger partial charge in [0, 0.05) is 18.6 Å². The molecule has 1 aliphatic rings. The fourth-order valence-corrected chi connectivity index (χ4v) is 3.55. The molecule has 0 spiro atoms. The van der Waals surface area contributed by atoms with Crippen molar-refractivity contribution in [2.45, 2.75) is 11.3 Å². The molecule has 1 N–H and O–H groups in total. The van der Waals surface area contributed by atoms with Crippen molar-refractivity contribution in [1.29, 1.82) is 0 Å². The van der Waals surface area contributed by atoms with Crippen LogP contribution in [0, 0.1) is 0 Å². The number of hydrogen-bond donors (Lipinski definition) is 1. The van der Waals surface area contributed by atoms with Gasteiger partial charge in [0.25, 0.3) is 10.0 Å². The molecule has 3 rings (SSSR count). The molecular weight excluding hydrogens is 354 g/mol. The van der Waals surface area contributed by atoms with Crippen molar-refractivity contribution < 1.29 is 22.6 Å². The lowest BCUT2D eigenvalue weighted by atomic mass is 10.3. The quantitative estimate of drug-likeness (QED) is 0.895. The van der Waals surface area contributed by atoms with Crippen LogP contribution in [0.4, 0.5) is 5.69 Å². The third-order valence-electron chi connectivity index (χ3n) is 3.45. The summed E-state index contributed by atoms with van der Waals surface area (Å²) in [4.78, 5) is 0.103. The number of nitrogens with one attached hydrogen (secondary N) is 1. The summed E-state index contributed by atoms with van der Waals surface area (Å²) in [5.74, 6) is 1.54. The Balaban J connectivity index is 1.90. The zero-order valence-corrected chi connectivity index (χ0v) is 14.5. The van der Waals surface area contributed by atoms with Gasteiger partial charge >= 0.3 is 0 Å². The van der Waals surface area contributed by atoms with Gasteiger partial charge in [-0.2, -0.15) is 0 Å². The minimum Gasteiger partial charge on any atom is -0.497 e. The highest BCUT2D eigenvalue weighted by molar-refractivity contribution is 7.92. The average molecular weight is 370 g/mol. The van der Waals surface area contributed by atoms with E-state index in [9.17, 15) is 8.42 Å². The van der Waals surface area contributed by atoms with Crippen LogP contribution in [0.15, 0.2) is 41.3 Å². The number of benzene rings is 2. The molecule has 1 heterocycles. The first-order chi connectivity index (χ1) is 11.5. The van der Waals surface area contributed by atoms with Gasteiger partial charge in [0.2, 0.25) is 0 Å². The highest BCUT2D eigenvalue weighted by Gasteiger charge is 2.19. The van der Waals surface area contributed by atoms with E-state index in [1.54, 1.807) is 18.2 Å². The molecule has 0 atom stereocenters. The number of halogens is 1. The van der Waals surface area contributed by atoms with Gasteiger partial charge in [-0.3, -0.25) is 4.72 Å². The summed E-state index contributed by atoms with van der Waals surface area (Å²) >= 11 is 6.17. The molecule has 0 bridgehead atoms.